The Morgan fingerprint density at radius 1 is 0.821 bits per heavy atom. The van der Waals surface area contributed by atoms with Gasteiger partial charge < -0.3 is 9.47 Å². The number of nitrogens with zero attached hydrogens (tertiary/aromatic N) is 4. The minimum absolute atomic E-state index is 0.951. The summed E-state index contributed by atoms with van der Waals surface area (Å²) in [6, 6.07) is 20.9. The van der Waals surface area contributed by atoms with Gasteiger partial charge in [0.1, 0.15) is 12.1 Å². The van der Waals surface area contributed by atoms with Crippen LogP contribution in [-0.4, -0.2) is 27.6 Å². The molecule has 4 rings (SSSR count). The predicted octanol–water partition coefficient (Wildman–Crippen LogP) is 5.71. The normalized spacial score (nSPS) is 11.1. The highest BCUT2D eigenvalue weighted by Gasteiger charge is 2.20. The molecule has 0 atom stereocenters. The maximum Gasteiger partial charge on any atom is 0.150 e. The highest BCUT2D eigenvalue weighted by atomic mass is 15.2. The number of hydrogen-bond acceptors (Lipinski definition) is 3. The predicted molar refractivity (Wildman–Crippen MR) is 117 cm³/mol. The third-order valence-electron chi connectivity index (χ3n) is 4.97. The second kappa shape index (κ2) is 8.26. The topological polar surface area (TPSA) is 34.0 Å². The van der Waals surface area contributed by atoms with E-state index in [2.05, 4.69) is 84.1 Å². The van der Waals surface area contributed by atoms with Gasteiger partial charge in [-0.2, -0.15) is 0 Å². The Labute approximate surface area is 166 Å². The second-order valence-electron chi connectivity index (χ2n) is 7.00. The molecule has 2 heterocycles. The molecule has 0 saturated carbocycles. The molecule has 0 amide bonds. The molecule has 0 spiro atoms. The number of benzene rings is 2. The minimum Gasteiger partial charge on any atom is -0.356 e. The lowest BCUT2D eigenvalue weighted by Crippen LogP contribution is -2.26. The molecule has 0 fully saturated rings. The first kappa shape index (κ1) is 18.2. The van der Waals surface area contributed by atoms with Crippen LogP contribution in [0, 0.1) is 0 Å². The first-order valence-electron chi connectivity index (χ1n) is 10.0. The van der Waals surface area contributed by atoms with E-state index in [4.69, 9.17) is 9.97 Å². The van der Waals surface area contributed by atoms with E-state index in [1.165, 1.54) is 11.1 Å². The zero-order valence-corrected chi connectivity index (χ0v) is 16.5. The van der Waals surface area contributed by atoms with Crippen LogP contribution >= 0.6 is 0 Å². The van der Waals surface area contributed by atoms with Gasteiger partial charge in [-0.25, -0.2) is 9.97 Å². The third-order valence-corrected chi connectivity index (χ3v) is 4.97. The van der Waals surface area contributed by atoms with Gasteiger partial charge in [-0.05, 0) is 30.5 Å². The van der Waals surface area contributed by atoms with E-state index in [9.17, 15) is 0 Å². The van der Waals surface area contributed by atoms with Gasteiger partial charge in [-0.1, -0.05) is 62.4 Å². The summed E-state index contributed by atoms with van der Waals surface area (Å²) >= 11 is 0. The first-order valence-corrected chi connectivity index (χ1v) is 10.0. The van der Waals surface area contributed by atoms with Gasteiger partial charge in [0.2, 0.25) is 0 Å². The van der Waals surface area contributed by atoms with Crippen LogP contribution in [-0.2, 0) is 0 Å². The lowest BCUT2D eigenvalue weighted by atomic mass is 10.1. The molecule has 142 valence electrons. The Morgan fingerprint density at radius 2 is 1.46 bits per heavy atom. The Morgan fingerprint density at radius 3 is 2.11 bits per heavy atom. The van der Waals surface area contributed by atoms with Crippen molar-refractivity contribution in [2.75, 3.05) is 18.0 Å². The monoisotopic (exact) mass is 370 g/mol. The van der Waals surface area contributed by atoms with E-state index in [1.807, 2.05) is 6.07 Å². The maximum absolute atomic E-state index is 4.74. The molecule has 2 aromatic heterocycles. The zero-order valence-electron chi connectivity index (χ0n) is 16.5. The summed E-state index contributed by atoms with van der Waals surface area (Å²) in [4.78, 5) is 11.8. The average molecular weight is 371 g/mol. The molecular formula is C24H26N4. The second-order valence-corrected chi connectivity index (χ2v) is 7.00. The van der Waals surface area contributed by atoms with E-state index < -0.39 is 0 Å². The molecule has 4 aromatic rings. The van der Waals surface area contributed by atoms with E-state index in [-0.39, 0.29) is 0 Å². The number of anilines is 1. The number of para-hydroxylation sites is 1. The van der Waals surface area contributed by atoms with Gasteiger partial charge >= 0.3 is 0 Å². The van der Waals surface area contributed by atoms with Gasteiger partial charge in [-0.15, -0.1) is 0 Å². The quantitative estimate of drug-likeness (QED) is 0.417. The summed E-state index contributed by atoms with van der Waals surface area (Å²) in [5, 5.41) is 1.12. The Kier molecular flexibility index (Phi) is 5.38. The van der Waals surface area contributed by atoms with Gasteiger partial charge in [0.05, 0.1) is 5.39 Å². The maximum atomic E-state index is 4.74. The van der Waals surface area contributed by atoms with Crippen molar-refractivity contribution in [2.24, 2.45) is 0 Å². The van der Waals surface area contributed by atoms with Crippen molar-refractivity contribution in [3.05, 3.63) is 73.2 Å². The first-order chi connectivity index (χ1) is 13.8. The van der Waals surface area contributed by atoms with Crippen LogP contribution in [0.3, 0.4) is 0 Å². The lowest BCUT2D eigenvalue weighted by molar-refractivity contribution is 0.736. The minimum atomic E-state index is 0.951. The molecular weight excluding hydrogens is 344 g/mol. The van der Waals surface area contributed by atoms with Crippen LogP contribution < -0.4 is 4.90 Å². The van der Waals surface area contributed by atoms with Crippen LogP contribution in [0.4, 0.5) is 5.82 Å². The van der Waals surface area contributed by atoms with Crippen molar-refractivity contribution in [3.8, 4) is 16.8 Å². The van der Waals surface area contributed by atoms with Gasteiger partial charge in [0, 0.05) is 30.5 Å². The molecule has 0 saturated heterocycles. The van der Waals surface area contributed by atoms with Crippen LogP contribution in [0.1, 0.15) is 26.7 Å². The van der Waals surface area contributed by atoms with Crippen LogP contribution in [0.25, 0.3) is 27.8 Å². The summed E-state index contributed by atoms with van der Waals surface area (Å²) < 4.78 is 2.18. The lowest BCUT2D eigenvalue weighted by Gasteiger charge is -2.23. The largest absolute Gasteiger partial charge is 0.356 e. The number of aromatic nitrogens is 3. The fourth-order valence-electron chi connectivity index (χ4n) is 3.77. The van der Waals surface area contributed by atoms with Gasteiger partial charge in [-0.3, -0.25) is 0 Å². The summed E-state index contributed by atoms with van der Waals surface area (Å²) in [6.45, 7) is 6.41. The van der Waals surface area contributed by atoms with Crippen LogP contribution in [0.2, 0.25) is 0 Å². The fourth-order valence-corrected chi connectivity index (χ4v) is 3.77. The van der Waals surface area contributed by atoms with Crippen molar-refractivity contribution in [3.63, 3.8) is 0 Å². The molecule has 28 heavy (non-hydrogen) atoms. The smallest absolute Gasteiger partial charge is 0.150 e. The standard InChI is InChI=1S/C24H26N4/c1-3-15-27(16-4-2)23-22-21(19-11-7-5-8-12-19)17-28(24(22)26-18-25-23)20-13-9-6-10-14-20/h5-14,17-18H,3-4,15-16H2,1-2H3. The number of fused-ring (bicyclic) bond motifs is 1. The molecule has 2 aromatic carbocycles. The van der Waals surface area contributed by atoms with Crippen molar-refractivity contribution >= 4 is 16.9 Å². The molecule has 0 unspecified atom stereocenters. The van der Waals surface area contributed by atoms with Gasteiger partial charge in [0.15, 0.2) is 5.65 Å². The Bertz CT molecular complexity index is 1030. The van der Waals surface area contributed by atoms with Crippen LogP contribution in [0.15, 0.2) is 73.2 Å². The van der Waals surface area contributed by atoms with E-state index in [0.717, 1.165) is 48.5 Å². The molecule has 0 aliphatic heterocycles. The molecule has 4 heteroatoms. The van der Waals surface area contributed by atoms with Crippen molar-refractivity contribution in [1.29, 1.82) is 0 Å². The number of hydrogen-bond donors (Lipinski definition) is 0. The molecule has 0 aliphatic carbocycles. The average Bonchev–Trinajstić information content (AvgIpc) is 3.15. The Balaban J connectivity index is 2.00. The SMILES string of the molecule is CCCN(CCC)c1ncnc2c1c(-c1ccccc1)cn2-c1ccccc1. The Hall–Kier alpha value is -3.14. The summed E-state index contributed by atoms with van der Waals surface area (Å²) in [7, 11) is 0. The highest BCUT2D eigenvalue weighted by Crippen LogP contribution is 2.36. The molecule has 0 aliphatic rings. The van der Waals surface area contributed by atoms with E-state index in [0.29, 0.717) is 0 Å². The van der Waals surface area contributed by atoms with Crippen LogP contribution in [0.5, 0.6) is 0 Å². The molecule has 4 nitrogen and oxygen atoms in total. The third kappa shape index (κ3) is 3.38. The van der Waals surface area contributed by atoms with E-state index >= 15 is 0 Å². The molecule has 0 bridgehead atoms. The summed E-state index contributed by atoms with van der Waals surface area (Å²) in [5.41, 5.74) is 4.42. The van der Waals surface area contributed by atoms with Gasteiger partial charge in [0.25, 0.3) is 0 Å². The van der Waals surface area contributed by atoms with Crippen molar-refractivity contribution < 1.29 is 0 Å². The fraction of sp³-hybridized carbons (Fsp3) is 0.250. The summed E-state index contributed by atoms with van der Waals surface area (Å²) in [6.07, 6.45) is 6.07. The zero-order chi connectivity index (χ0) is 19.3. The number of rotatable bonds is 7. The molecule has 0 radical (unpaired) electrons. The highest BCUT2D eigenvalue weighted by molar-refractivity contribution is 6.02. The van der Waals surface area contributed by atoms with E-state index in [1.54, 1.807) is 6.33 Å². The molecule has 0 N–H and O–H groups in total. The summed E-state index contributed by atoms with van der Waals surface area (Å²) in [5.74, 6) is 1.03. The van der Waals surface area contributed by atoms with Crippen molar-refractivity contribution in [2.45, 2.75) is 26.7 Å². The van der Waals surface area contributed by atoms with Crippen molar-refractivity contribution in [1.82, 2.24) is 14.5 Å².